The molecular weight excluding hydrogens is 601 g/mol. The lowest BCUT2D eigenvalue weighted by molar-refractivity contribution is -0.181. The zero-order valence-electron chi connectivity index (χ0n) is 33.0. The number of allylic oxidation sites excluding steroid dienone is 8. The molecule has 1 atom stereocenters. The van der Waals surface area contributed by atoms with E-state index >= 15 is 0 Å². The third-order valence-corrected chi connectivity index (χ3v) is 10.5. The fraction of sp³-hybridized carbons (Fsp3) is 0.822. The lowest BCUT2D eigenvalue weighted by Crippen LogP contribution is -2.47. The first-order valence-corrected chi connectivity index (χ1v) is 21.5. The SMILES string of the molecule is CCCCC/C=C\C/C=C\CCCCCCCCC1(CCCCCCCC/C=C\C/C=C\CCCCC)OCC(CN2CCN(C)CC2)O1. The quantitative estimate of drug-likeness (QED) is 0.0521. The molecule has 0 saturated carbocycles. The molecule has 0 aromatic rings. The minimum absolute atomic E-state index is 0.234. The van der Waals surface area contributed by atoms with Crippen molar-refractivity contribution in [3.8, 4) is 0 Å². The van der Waals surface area contributed by atoms with Gasteiger partial charge in [-0.1, -0.05) is 140 Å². The van der Waals surface area contributed by atoms with E-state index in [4.69, 9.17) is 9.47 Å². The van der Waals surface area contributed by atoms with Crippen LogP contribution >= 0.6 is 0 Å². The summed E-state index contributed by atoms with van der Waals surface area (Å²) in [5.74, 6) is -0.332. The van der Waals surface area contributed by atoms with Crippen LogP contribution in [0.15, 0.2) is 48.6 Å². The molecule has 0 aromatic carbocycles. The molecule has 2 heterocycles. The highest BCUT2D eigenvalue weighted by atomic mass is 16.7. The molecule has 2 saturated heterocycles. The van der Waals surface area contributed by atoms with Crippen LogP contribution in [0.2, 0.25) is 0 Å². The molecule has 284 valence electrons. The average molecular weight is 683 g/mol. The fourth-order valence-corrected chi connectivity index (χ4v) is 7.18. The first-order chi connectivity index (χ1) is 24.2. The van der Waals surface area contributed by atoms with Crippen molar-refractivity contribution >= 4 is 0 Å². The molecule has 2 aliphatic rings. The smallest absolute Gasteiger partial charge is 0.168 e. The number of ether oxygens (including phenoxy) is 2. The van der Waals surface area contributed by atoms with E-state index < -0.39 is 0 Å². The summed E-state index contributed by atoms with van der Waals surface area (Å²) in [6.45, 7) is 11.0. The van der Waals surface area contributed by atoms with Gasteiger partial charge in [-0.2, -0.15) is 0 Å². The van der Waals surface area contributed by atoms with Gasteiger partial charge in [0, 0.05) is 45.6 Å². The Morgan fingerprint density at radius 3 is 1.37 bits per heavy atom. The van der Waals surface area contributed by atoms with E-state index in [1.54, 1.807) is 0 Å². The first kappa shape index (κ1) is 44.0. The Balaban J connectivity index is 1.58. The molecular formula is C45H82N2O2. The van der Waals surface area contributed by atoms with Crippen molar-refractivity contribution in [2.45, 2.75) is 193 Å². The van der Waals surface area contributed by atoms with Crippen LogP contribution in [0.3, 0.4) is 0 Å². The van der Waals surface area contributed by atoms with E-state index in [9.17, 15) is 0 Å². The predicted octanol–water partition coefficient (Wildman–Crippen LogP) is 12.8. The van der Waals surface area contributed by atoms with Gasteiger partial charge >= 0.3 is 0 Å². The molecule has 2 aliphatic heterocycles. The summed E-state index contributed by atoms with van der Waals surface area (Å²) in [6.07, 6.45) is 52.3. The number of unbranched alkanes of at least 4 members (excludes halogenated alkanes) is 18. The summed E-state index contributed by atoms with van der Waals surface area (Å²) in [5, 5.41) is 0. The van der Waals surface area contributed by atoms with E-state index in [2.05, 4.69) is 79.3 Å². The van der Waals surface area contributed by atoms with Crippen molar-refractivity contribution in [1.29, 1.82) is 0 Å². The third-order valence-electron chi connectivity index (χ3n) is 10.5. The maximum atomic E-state index is 6.82. The van der Waals surface area contributed by atoms with Gasteiger partial charge in [0.2, 0.25) is 0 Å². The van der Waals surface area contributed by atoms with Crippen LogP contribution in [0.4, 0.5) is 0 Å². The Morgan fingerprint density at radius 1 is 0.510 bits per heavy atom. The molecule has 0 bridgehead atoms. The predicted molar refractivity (Wildman–Crippen MR) is 215 cm³/mol. The van der Waals surface area contributed by atoms with Gasteiger partial charge in [-0.15, -0.1) is 0 Å². The highest BCUT2D eigenvalue weighted by Crippen LogP contribution is 2.35. The van der Waals surface area contributed by atoms with Crippen LogP contribution in [0.25, 0.3) is 0 Å². The van der Waals surface area contributed by atoms with Gasteiger partial charge in [0.15, 0.2) is 5.79 Å². The molecule has 0 amide bonds. The van der Waals surface area contributed by atoms with Gasteiger partial charge in [-0.3, -0.25) is 4.90 Å². The van der Waals surface area contributed by atoms with Crippen LogP contribution in [-0.2, 0) is 9.47 Å². The molecule has 4 nitrogen and oxygen atoms in total. The number of piperazine rings is 1. The first-order valence-electron chi connectivity index (χ1n) is 21.5. The maximum absolute atomic E-state index is 6.82. The normalized spacial score (nSPS) is 19.2. The van der Waals surface area contributed by atoms with Crippen molar-refractivity contribution < 1.29 is 9.47 Å². The van der Waals surface area contributed by atoms with Crippen molar-refractivity contribution in [1.82, 2.24) is 9.80 Å². The highest BCUT2D eigenvalue weighted by Gasteiger charge is 2.41. The number of hydrogen-bond acceptors (Lipinski definition) is 4. The van der Waals surface area contributed by atoms with Crippen molar-refractivity contribution in [2.75, 3.05) is 46.4 Å². The summed E-state index contributed by atoms with van der Waals surface area (Å²) in [7, 11) is 2.23. The van der Waals surface area contributed by atoms with E-state index in [0.29, 0.717) is 0 Å². The summed E-state index contributed by atoms with van der Waals surface area (Å²) >= 11 is 0. The highest BCUT2D eigenvalue weighted by molar-refractivity contribution is 4.93. The third kappa shape index (κ3) is 24.6. The van der Waals surface area contributed by atoms with Crippen molar-refractivity contribution in [3.05, 3.63) is 48.6 Å². The largest absolute Gasteiger partial charge is 0.347 e. The monoisotopic (exact) mass is 683 g/mol. The number of hydrogen-bond donors (Lipinski definition) is 0. The van der Waals surface area contributed by atoms with Gasteiger partial charge < -0.3 is 14.4 Å². The topological polar surface area (TPSA) is 24.9 Å². The van der Waals surface area contributed by atoms with Crippen LogP contribution in [0.5, 0.6) is 0 Å². The van der Waals surface area contributed by atoms with Gasteiger partial charge in [-0.05, 0) is 84.1 Å². The molecule has 0 aliphatic carbocycles. The van der Waals surface area contributed by atoms with Crippen molar-refractivity contribution in [2.24, 2.45) is 0 Å². The van der Waals surface area contributed by atoms with Crippen molar-refractivity contribution in [3.63, 3.8) is 0 Å². The molecule has 49 heavy (non-hydrogen) atoms. The van der Waals surface area contributed by atoms with Crippen LogP contribution in [-0.4, -0.2) is 68.1 Å². The summed E-state index contributed by atoms with van der Waals surface area (Å²) in [6, 6.07) is 0. The van der Waals surface area contributed by atoms with Crippen LogP contribution in [0, 0.1) is 0 Å². The molecule has 0 radical (unpaired) electrons. The molecule has 0 aromatic heterocycles. The molecule has 2 rings (SSSR count). The summed E-state index contributed by atoms with van der Waals surface area (Å²) < 4.78 is 13.4. The van der Waals surface area contributed by atoms with Gasteiger partial charge in [0.1, 0.15) is 0 Å². The van der Waals surface area contributed by atoms with Gasteiger partial charge in [0.05, 0.1) is 12.7 Å². The molecule has 4 heteroatoms. The van der Waals surface area contributed by atoms with Gasteiger partial charge in [-0.25, -0.2) is 0 Å². The van der Waals surface area contributed by atoms with Crippen LogP contribution in [0.1, 0.15) is 181 Å². The number of nitrogens with zero attached hydrogens (tertiary/aromatic N) is 2. The van der Waals surface area contributed by atoms with Gasteiger partial charge in [0.25, 0.3) is 0 Å². The molecule has 2 fully saturated rings. The van der Waals surface area contributed by atoms with E-state index in [1.165, 1.54) is 154 Å². The Hall–Kier alpha value is -1.20. The lowest BCUT2D eigenvalue weighted by Gasteiger charge is -2.34. The summed E-state index contributed by atoms with van der Waals surface area (Å²) in [4.78, 5) is 5.02. The second kappa shape index (κ2) is 31.5. The maximum Gasteiger partial charge on any atom is 0.168 e. The Kier molecular flexibility index (Phi) is 28.3. The Labute approximate surface area is 306 Å². The fourth-order valence-electron chi connectivity index (χ4n) is 7.18. The average Bonchev–Trinajstić information content (AvgIpc) is 3.51. The van der Waals surface area contributed by atoms with Crippen LogP contribution < -0.4 is 0 Å². The molecule has 0 spiro atoms. The summed E-state index contributed by atoms with van der Waals surface area (Å²) in [5.41, 5.74) is 0. The zero-order valence-corrected chi connectivity index (χ0v) is 33.0. The second-order valence-corrected chi connectivity index (χ2v) is 15.2. The second-order valence-electron chi connectivity index (χ2n) is 15.2. The minimum Gasteiger partial charge on any atom is -0.347 e. The number of likely N-dealkylation sites (N-methyl/N-ethyl adjacent to an activating group) is 1. The molecule has 1 unspecified atom stereocenters. The number of rotatable bonds is 32. The Morgan fingerprint density at radius 2 is 0.918 bits per heavy atom. The van der Waals surface area contributed by atoms with E-state index in [1.807, 2.05) is 0 Å². The molecule has 0 N–H and O–H groups in total. The Bertz CT molecular complexity index is 793. The van der Waals surface area contributed by atoms with E-state index in [-0.39, 0.29) is 11.9 Å². The minimum atomic E-state index is -0.332. The standard InChI is InChI=1S/C45H82N2O2/c1-4-6-8-10-12-14-16-18-20-22-24-26-28-30-32-34-36-45(48-43-44(49-45)42-47-40-38-46(3)39-41-47)37-35-33-31-29-27-25-23-21-19-17-15-13-11-9-7-5-2/h12-15,18-21,44H,4-11,16-17,22-43H2,1-3H3/b14-12-,15-13-,20-18-,21-19-. The lowest BCUT2D eigenvalue weighted by atomic mass is 9.98. The zero-order chi connectivity index (χ0) is 34.9. The van der Waals surface area contributed by atoms with E-state index in [0.717, 1.165) is 51.9 Å².